The lowest BCUT2D eigenvalue weighted by Gasteiger charge is -2.16. The Labute approximate surface area is 171 Å². The first-order valence-electron chi connectivity index (χ1n) is 9.58. The van der Waals surface area contributed by atoms with Crippen molar-refractivity contribution >= 4 is 22.6 Å². The van der Waals surface area contributed by atoms with E-state index in [2.05, 4.69) is 25.5 Å². The zero-order valence-electron chi connectivity index (χ0n) is 16.1. The van der Waals surface area contributed by atoms with Gasteiger partial charge < -0.3 is 20.2 Å². The second-order valence-electron chi connectivity index (χ2n) is 7.46. The summed E-state index contributed by atoms with van der Waals surface area (Å²) in [5.74, 6) is 1.75. The highest BCUT2D eigenvalue weighted by Gasteiger charge is 2.42. The molecule has 9 nitrogen and oxygen atoms in total. The average molecular weight is 401 g/mol. The third-order valence-corrected chi connectivity index (χ3v) is 5.38. The van der Waals surface area contributed by atoms with Gasteiger partial charge in [0.2, 0.25) is 0 Å². The van der Waals surface area contributed by atoms with Crippen molar-refractivity contribution in [1.29, 1.82) is 5.26 Å². The Bertz CT molecular complexity index is 1230. The Hall–Kier alpha value is -3.90. The minimum atomic E-state index is 0.0876. The van der Waals surface area contributed by atoms with E-state index in [-0.39, 0.29) is 11.1 Å². The van der Waals surface area contributed by atoms with Gasteiger partial charge in [0.15, 0.2) is 11.5 Å². The van der Waals surface area contributed by atoms with Gasteiger partial charge >= 0.3 is 0 Å². The summed E-state index contributed by atoms with van der Waals surface area (Å²) in [5.41, 5.74) is 8.50. The summed E-state index contributed by atoms with van der Waals surface area (Å²) in [4.78, 5) is 8.15. The maximum atomic E-state index is 8.84. The molecule has 0 atom stereocenters. The highest BCUT2D eigenvalue weighted by atomic mass is 16.5. The maximum Gasteiger partial charge on any atom is 0.158 e. The first kappa shape index (κ1) is 18.1. The molecule has 1 aliphatic rings. The van der Waals surface area contributed by atoms with E-state index in [4.69, 9.17) is 20.1 Å². The van der Waals surface area contributed by atoms with Gasteiger partial charge in [0.05, 0.1) is 36.5 Å². The number of anilines is 2. The third-order valence-electron chi connectivity index (χ3n) is 5.38. The average Bonchev–Trinajstić information content (AvgIpc) is 3.17. The molecule has 9 heteroatoms. The van der Waals surface area contributed by atoms with Crippen LogP contribution in [0.25, 0.3) is 22.2 Å². The molecule has 3 aromatic heterocycles. The van der Waals surface area contributed by atoms with E-state index in [1.807, 2.05) is 30.3 Å². The van der Waals surface area contributed by atoms with E-state index >= 15 is 0 Å². The van der Waals surface area contributed by atoms with Crippen molar-refractivity contribution in [3.8, 4) is 23.1 Å². The number of ether oxygens (including phenoxy) is 1. The van der Waals surface area contributed by atoms with Crippen LogP contribution in [-0.4, -0.2) is 33.3 Å². The lowest BCUT2D eigenvalue weighted by Crippen LogP contribution is -2.23. The number of H-pyrrole nitrogens is 1. The summed E-state index contributed by atoms with van der Waals surface area (Å²) < 4.78 is 11.9. The molecule has 0 saturated heterocycles. The fraction of sp³-hybridized carbons (Fsp3) is 0.238. The number of nitrogens with two attached hydrogens (primary N) is 1. The van der Waals surface area contributed by atoms with Crippen molar-refractivity contribution in [3.05, 3.63) is 48.6 Å². The van der Waals surface area contributed by atoms with Crippen LogP contribution in [0.15, 0.2) is 47.3 Å². The van der Waals surface area contributed by atoms with Crippen molar-refractivity contribution in [1.82, 2.24) is 20.2 Å². The molecule has 0 radical (unpaired) electrons. The zero-order valence-corrected chi connectivity index (χ0v) is 16.1. The summed E-state index contributed by atoms with van der Waals surface area (Å²) in [6.45, 7) is 1.19. The smallest absolute Gasteiger partial charge is 0.158 e. The molecule has 0 unspecified atom stereocenters. The quantitative estimate of drug-likeness (QED) is 0.428. The van der Waals surface area contributed by atoms with Crippen LogP contribution in [-0.2, 0) is 0 Å². The van der Waals surface area contributed by atoms with Gasteiger partial charge in [-0.05, 0) is 31.0 Å². The fourth-order valence-corrected chi connectivity index (χ4v) is 3.30. The number of nitrogens with zero attached hydrogens (tertiary/aromatic N) is 4. The number of fused-ring (bicyclic) bond motifs is 1. The number of furan rings is 1. The molecule has 0 spiro atoms. The van der Waals surface area contributed by atoms with E-state index in [0.717, 1.165) is 35.1 Å². The molecule has 0 amide bonds. The van der Waals surface area contributed by atoms with Gasteiger partial charge in [-0.25, -0.2) is 9.97 Å². The van der Waals surface area contributed by atoms with E-state index in [1.165, 1.54) is 12.4 Å². The first-order valence-corrected chi connectivity index (χ1v) is 9.58. The van der Waals surface area contributed by atoms with Crippen molar-refractivity contribution in [2.75, 3.05) is 18.5 Å². The monoisotopic (exact) mass is 401 g/mol. The maximum absolute atomic E-state index is 8.84. The molecule has 3 heterocycles. The molecule has 1 aromatic carbocycles. The third kappa shape index (κ3) is 3.33. The van der Waals surface area contributed by atoms with Crippen molar-refractivity contribution < 1.29 is 9.15 Å². The van der Waals surface area contributed by atoms with Gasteiger partial charge in [-0.3, -0.25) is 5.10 Å². The first-order chi connectivity index (χ1) is 14.7. The van der Waals surface area contributed by atoms with E-state index in [0.29, 0.717) is 30.5 Å². The summed E-state index contributed by atoms with van der Waals surface area (Å²) >= 11 is 0. The number of aromatic nitrogens is 4. The molecule has 4 aromatic rings. The lowest BCUT2D eigenvalue weighted by molar-refractivity contribution is 0.240. The Morgan fingerprint density at radius 3 is 2.87 bits per heavy atom. The molecular weight excluding hydrogens is 382 g/mol. The Kier molecular flexibility index (Phi) is 4.34. The SMILES string of the molecule is N#Cc1cnc(Nc2cc(-c3c(OCC4(CN)CC4)ccc4ccoc34)[nH]n2)cn1. The number of hydrogen-bond acceptors (Lipinski definition) is 8. The summed E-state index contributed by atoms with van der Waals surface area (Å²) in [6, 6.07) is 9.61. The Morgan fingerprint density at radius 2 is 2.13 bits per heavy atom. The van der Waals surface area contributed by atoms with Gasteiger partial charge in [-0.2, -0.15) is 10.4 Å². The highest BCUT2D eigenvalue weighted by molar-refractivity contribution is 5.95. The van der Waals surface area contributed by atoms with Crippen molar-refractivity contribution in [3.63, 3.8) is 0 Å². The molecule has 4 N–H and O–H groups in total. The molecule has 5 rings (SSSR count). The highest BCUT2D eigenvalue weighted by Crippen LogP contribution is 2.46. The van der Waals surface area contributed by atoms with Crippen LogP contribution in [0.1, 0.15) is 18.5 Å². The molecule has 0 aliphatic heterocycles. The lowest BCUT2D eigenvalue weighted by atomic mass is 10.1. The number of rotatable bonds is 7. The van der Waals surface area contributed by atoms with Crippen molar-refractivity contribution in [2.45, 2.75) is 12.8 Å². The van der Waals surface area contributed by atoms with E-state index < -0.39 is 0 Å². The molecule has 0 bridgehead atoms. The van der Waals surface area contributed by atoms with E-state index in [1.54, 1.807) is 6.26 Å². The summed E-state index contributed by atoms with van der Waals surface area (Å²) in [6.07, 6.45) is 6.71. The van der Waals surface area contributed by atoms with Gasteiger partial charge in [-0.15, -0.1) is 0 Å². The number of hydrogen-bond donors (Lipinski definition) is 3. The number of aromatic amines is 1. The predicted octanol–water partition coefficient (Wildman–Crippen LogP) is 3.35. The topological polar surface area (TPSA) is 139 Å². The standard InChI is InChI=1S/C21H19N7O2/c22-8-14-9-25-18(10-24-14)26-17-7-15(27-28-17)19-16(30-12-21(11-23)4-5-21)2-1-13-3-6-29-20(13)19/h1-3,6-7,9-10H,4-5,11-12,23H2,(H2,25,26,27,28). The summed E-state index contributed by atoms with van der Waals surface area (Å²) in [7, 11) is 0. The second kappa shape index (κ2) is 7.17. The Morgan fingerprint density at radius 1 is 1.23 bits per heavy atom. The van der Waals surface area contributed by atoms with Gasteiger partial charge in [-0.1, -0.05) is 0 Å². The Balaban J connectivity index is 1.45. The molecular formula is C21H19N7O2. The number of nitriles is 1. The summed E-state index contributed by atoms with van der Waals surface area (Å²) in [5, 5.41) is 20.2. The molecule has 1 fully saturated rings. The largest absolute Gasteiger partial charge is 0.492 e. The molecule has 1 saturated carbocycles. The van der Waals surface area contributed by atoms with E-state index in [9.17, 15) is 0 Å². The van der Waals surface area contributed by atoms with Crippen LogP contribution < -0.4 is 15.8 Å². The van der Waals surface area contributed by atoms with Crippen LogP contribution in [0.4, 0.5) is 11.6 Å². The van der Waals surface area contributed by atoms with Crippen LogP contribution in [0.5, 0.6) is 5.75 Å². The number of benzene rings is 1. The van der Waals surface area contributed by atoms with Gasteiger partial charge in [0.25, 0.3) is 0 Å². The normalized spacial score (nSPS) is 14.4. The van der Waals surface area contributed by atoms with Crippen molar-refractivity contribution in [2.24, 2.45) is 11.1 Å². The number of nitrogens with one attached hydrogen (secondary N) is 2. The van der Waals surface area contributed by atoms with Crippen LogP contribution >= 0.6 is 0 Å². The minimum Gasteiger partial charge on any atom is -0.492 e. The van der Waals surface area contributed by atoms with Crippen LogP contribution in [0.2, 0.25) is 0 Å². The van der Waals surface area contributed by atoms with Gasteiger partial charge in [0, 0.05) is 23.4 Å². The van der Waals surface area contributed by atoms with Crippen LogP contribution in [0.3, 0.4) is 0 Å². The van der Waals surface area contributed by atoms with Gasteiger partial charge in [0.1, 0.15) is 23.2 Å². The second-order valence-corrected chi connectivity index (χ2v) is 7.46. The predicted molar refractivity (Wildman–Crippen MR) is 110 cm³/mol. The van der Waals surface area contributed by atoms with Crippen LogP contribution in [0, 0.1) is 16.7 Å². The molecule has 1 aliphatic carbocycles. The zero-order chi connectivity index (χ0) is 20.6. The minimum absolute atomic E-state index is 0.0876. The molecule has 30 heavy (non-hydrogen) atoms. The molecule has 150 valence electrons. The fourth-order valence-electron chi connectivity index (χ4n) is 3.30.